The molecule has 0 unspecified atom stereocenters. The number of halogens is 1. The number of nitriles is 1. The highest BCUT2D eigenvalue weighted by atomic mass is 32.1. The second-order valence-electron chi connectivity index (χ2n) is 10.6. The molecule has 0 spiro atoms. The number of piperidine rings is 1. The molecule has 9 nitrogen and oxygen atoms in total. The quantitative estimate of drug-likeness (QED) is 0.226. The van der Waals surface area contributed by atoms with Crippen molar-refractivity contribution in [3.05, 3.63) is 75.8 Å². The molecular weight excluding hydrogens is 557 g/mol. The minimum Gasteiger partial charge on any atom is -0.473 e. The van der Waals surface area contributed by atoms with E-state index in [0.717, 1.165) is 73.9 Å². The van der Waals surface area contributed by atoms with Crippen molar-refractivity contribution in [3.63, 3.8) is 0 Å². The lowest BCUT2D eigenvalue weighted by molar-refractivity contribution is -0.0592. The number of hydrogen-bond acceptors (Lipinski definition) is 9. The number of esters is 1. The molecule has 11 heteroatoms. The first-order valence-electron chi connectivity index (χ1n) is 14.3. The van der Waals surface area contributed by atoms with Gasteiger partial charge in [0.15, 0.2) is 0 Å². The first kappa shape index (κ1) is 28.3. The Balaban J connectivity index is 1.09. The Morgan fingerprint density at radius 2 is 2.02 bits per heavy atom. The van der Waals surface area contributed by atoms with Crippen molar-refractivity contribution in [1.82, 2.24) is 19.4 Å². The lowest BCUT2D eigenvalue weighted by atomic mass is 9.93. The van der Waals surface area contributed by atoms with Crippen LogP contribution in [0.4, 0.5) is 4.39 Å². The average molecular weight is 590 g/mol. The van der Waals surface area contributed by atoms with Gasteiger partial charge in [-0.1, -0.05) is 12.1 Å². The van der Waals surface area contributed by atoms with Crippen molar-refractivity contribution in [2.24, 2.45) is 0 Å². The molecule has 42 heavy (non-hydrogen) atoms. The first-order chi connectivity index (χ1) is 20.5. The van der Waals surface area contributed by atoms with E-state index in [4.69, 9.17) is 29.4 Å². The molecule has 2 aliphatic rings. The summed E-state index contributed by atoms with van der Waals surface area (Å²) < 4.78 is 33.2. The third-order valence-electron chi connectivity index (χ3n) is 7.86. The molecule has 0 aliphatic carbocycles. The molecule has 0 amide bonds. The smallest absolute Gasteiger partial charge is 0.348 e. The number of aromatic nitrogens is 3. The normalized spacial score (nSPS) is 17.6. The average Bonchev–Trinajstić information content (AvgIpc) is 3.53. The fourth-order valence-corrected chi connectivity index (χ4v) is 6.38. The number of hydrogen-bond donors (Lipinski definition) is 0. The van der Waals surface area contributed by atoms with E-state index in [1.54, 1.807) is 25.1 Å². The summed E-state index contributed by atoms with van der Waals surface area (Å²) in [6.07, 6.45) is 3.10. The number of fused-ring (bicyclic) bond motifs is 1. The lowest BCUT2D eigenvalue weighted by Gasteiger charge is -2.32. The summed E-state index contributed by atoms with van der Waals surface area (Å²) in [6.45, 7) is 6.24. The van der Waals surface area contributed by atoms with Gasteiger partial charge < -0.3 is 18.8 Å². The van der Waals surface area contributed by atoms with Crippen LogP contribution in [0.25, 0.3) is 10.3 Å². The highest BCUT2D eigenvalue weighted by molar-refractivity contribution is 7.20. The Kier molecular flexibility index (Phi) is 8.46. The predicted octanol–water partition coefficient (Wildman–Crippen LogP) is 5.43. The molecule has 0 N–H and O–H groups in total. The summed E-state index contributed by atoms with van der Waals surface area (Å²) in [7, 11) is 0. The summed E-state index contributed by atoms with van der Waals surface area (Å²) in [6, 6.07) is 13.9. The predicted molar refractivity (Wildman–Crippen MR) is 155 cm³/mol. The molecule has 1 atom stereocenters. The van der Waals surface area contributed by atoms with Crippen molar-refractivity contribution in [2.75, 3.05) is 26.3 Å². The van der Waals surface area contributed by atoms with Gasteiger partial charge >= 0.3 is 5.97 Å². The maximum absolute atomic E-state index is 14.2. The summed E-state index contributed by atoms with van der Waals surface area (Å²) in [5.74, 6) is 0.985. The second kappa shape index (κ2) is 12.6. The summed E-state index contributed by atoms with van der Waals surface area (Å²) >= 11 is 1.38. The minimum absolute atomic E-state index is 0.0454. The van der Waals surface area contributed by atoms with Crippen LogP contribution in [0, 0.1) is 17.1 Å². The molecule has 0 saturated carbocycles. The van der Waals surface area contributed by atoms with E-state index in [1.165, 1.54) is 17.4 Å². The van der Waals surface area contributed by atoms with Crippen LogP contribution in [0.15, 0.2) is 42.5 Å². The lowest BCUT2D eigenvalue weighted by Crippen LogP contribution is -2.35. The monoisotopic (exact) mass is 589 g/mol. The molecular formula is C31H32FN5O4S. The van der Waals surface area contributed by atoms with E-state index < -0.39 is 5.82 Å². The van der Waals surface area contributed by atoms with Crippen LogP contribution in [-0.2, 0) is 29.2 Å². The van der Waals surface area contributed by atoms with Crippen LogP contribution in [0.2, 0.25) is 0 Å². The van der Waals surface area contributed by atoms with Gasteiger partial charge in [-0.25, -0.2) is 19.2 Å². The van der Waals surface area contributed by atoms with Gasteiger partial charge in [-0.05, 0) is 63.5 Å². The third-order valence-corrected chi connectivity index (χ3v) is 8.85. The zero-order chi connectivity index (χ0) is 29.1. The van der Waals surface area contributed by atoms with Crippen molar-refractivity contribution in [1.29, 1.82) is 5.26 Å². The summed E-state index contributed by atoms with van der Waals surface area (Å²) in [5, 5.41) is 8.94. The van der Waals surface area contributed by atoms with Gasteiger partial charge in [-0.2, -0.15) is 5.26 Å². The highest BCUT2D eigenvalue weighted by Gasteiger charge is 2.27. The van der Waals surface area contributed by atoms with Crippen LogP contribution in [0.3, 0.4) is 0 Å². The Labute approximate surface area is 247 Å². The summed E-state index contributed by atoms with van der Waals surface area (Å²) in [4.78, 5) is 25.8. The molecule has 0 bridgehead atoms. The number of rotatable bonds is 10. The van der Waals surface area contributed by atoms with Gasteiger partial charge in [0, 0.05) is 29.8 Å². The van der Waals surface area contributed by atoms with E-state index in [0.29, 0.717) is 28.8 Å². The molecule has 1 aromatic carbocycles. The van der Waals surface area contributed by atoms with E-state index in [2.05, 4.69) is 9.47 Å². The SMILES string of the molecule is CCOC(=O)c1cc2c(nc(CN3CCC(c4cccc(OCc5ccc(C#N)cc5F)n4)CC3)n2C[C@@H]2CCO2)s1. The molecule has 2 saturated heterocycles. The fraction of sp³-hybridized carbons (Fsp3) is 0.419. The van der Waals surface area contributed by atoms with E-state index in [1.807, 2.05) is 24.3 Å². The van der Waals surface area contributed by atoms with Crippen LogP contribution in [0.5, 0.6) is 5.88 Å². The number of nitrogens with zero attached hydrogens (tertiary/aromatic N) is 5. The second-order valence-corrected chi connectivity index (χ2v) is 11.6. The van der Waals surface area contributed by atoms with Crippen LogP contribution < -0.4 is 4.74 Å². The fourth-order valence-electron chi connectivity index (χ4n) is 5.43. The molecule has 5 heterocycles. The molecule has 0 radical (unpaired) electrons. The number of benzene rings is 1. The molecule has 2 aliphatic heterocycles. The van der Waals surface area contributed by atoms with Gasteiger partial charge in [0.1, 0.15) is 28.0 Å². The number of likely N-dealkylation sites (tertiary alicyclic amines) is 1. The largest absolute Gasteiger partial charge is 0.473 e. The standard InChI is InChI=1S/C31H32FN5O4S/c1-2-39-31(38)27-15-26-30(42-27)35-28(37(26)17-23-10-13-40-23)18-36-11-8-21(9-12-36)25-4-3-5-29(34-25)41-19-22-7-6-20(16-33)14-24(22)32/h3-7,14-15,21,23H,2,8-13,17-19H2,1H3/t23-/m0/s1. The van der Waals surface area contributed by atoms with Crippen LogP contribution in [0.1, 0.15) is 64.4 Å². The van der Waals surface area contributed by atoms with Gasteiger partial charge in [-0.15, -0.1) is 11.3 Å². The number of pyridine rings is 1. The van der Waals surface area contributed by atoms with Crippen molar-refractivity contribution in [3.8, 4) is 11.9 Å². The zero-order valence-electron chi connectivity index (χ0n) is 23.4. The van der Waals surface area contributed by atoms with Crippen molar-refractivity contribution in [2.45, 2.75) is 57.9 Å². The number of ether oxygens (including phenoxy) is 3. The van der Waals surface area contributed by atoms with Gasteiger partial charge in [0.2, 0.25) is 5.88 Å². The van der Waals surface area contributed by atoms with E-state index in [9.17, 15) is 9.18 Å². The van der Waals surface area contributed by atoms with Gasteiger partial charge in [-0.3, -0.25) is 4.90 Å². The van der Waals surface area contributed by atoms with E-state index >= 15 is 0 Å². The maximum atomic E-state index is 14.2. The van der Waals surface area contributed by atoms with Crippen LogP contribution in [-0.4, -0.2) is 57.8 Å². The molecule has 3 aromatic heterocycles. The van der Waals surface area contributed by atoms with Crippen molar-refractivity contribution >= 4 is 27.7 Å². The number of carbonyl (C=O) groups excluding carboxylic acids is 1. The molecule has 2 fully saturated rings. The Morgan fingerprint density at radius 3 is 2.74 bits per heavy atom. The maximum Gasteiger partial charge on any atom is 0.348 e. The molecule has 4 aromatic rings. The van der Waals surface area contributed by atoms with Crippen molar-refractivity contribution < 1.29 is 23.4 Å². The first-order valence-corrected chi connectivity index (χ1v) is 15.1. The molecule has 218 valence electrons. The number of imidazole rings is 1. The minimum atomic E-state index is -0.460. The highest BCUT2D eigenvalue weighted by Crippen LogP contribution is 2.32. The van der Waals surface area contributed by atoms with Gasteiger partial charge in [0.05, 0.1) is 42.9 Å². The number of carbonyl (C=O) groups is 1. The zero-order valence-corrected chi connectivity index (χ0v) is 24.2. The Morgan fingerprint density at radius 1 is 1.19 bits per heavy atom. The summed E-state index contributed by atoms with van der Waals surface area (Å²) in [5.41, 5.74) is 2.60. The van der Waals surface area contributed by atoms with Gasteiger partial charge in [0.25, 0.3) is 0 Å². The Bertz CT molecular complexity index is 1620. The van der Waals surface area contributed by atoms with Crippen LogP contribution >= 0.6 is 11.3 Å². The number of thiophene rings is 1. The topological polar surface area (TPSA) is 102 Å². The molecule has 6 rings (SSSR count). The third kappa shape index (κ3) is 6.16. The Hall–Kier alpha value is -3.85. The van der Waals surface area contributed by atoms with E-state index in [-0.39, 0.29) is 24.2 Å².